The van der Waals surface area contributed by atoms with E-state index in [-0.39, 0.29) is 23.8 Å². The summed E-state index contributed by atoms with van der Waals surface area (Å²) in [6, 6.07) is 14.8. The number of amides is 2. The Hall–Kier alpha value is -3.88. The van der Waals surface area contributed by atoms with E-state index in [1.54, 1.807) is 36.4 Å². The first-order valence-electron chi connectivity index (χ1n) is 7.67. The molecule has 2 amide bonds. The number of nitrogens with zero attached hydrogens (tertiary/aromatic N) is 3. The molecule has 0 bridgehead atoms. The van der Waals surface area contributed by atoms with E-state index in [4.69, 9.17) is 5.73 Å². The molecule has 132 valence electrons. The Morgan fingerprint density at radius 2 is 1.65 bits per heavy atom. The predicted molar refractivity (Wildman–Crippen MR) is 95.6 cm³/mol. The second kappa shape index (κ2) is 7.34. The molecule has 0 saturated heterocycles. The van der Waals surface area contributed by atoms with Crippen molar-refractivity contribution in [1.29, 1.82) is 0 Å². The quantitative estimate of drug-likeness (QED) is 0.513. The second-order valence-corrected chi connectivity index (χ2v) is 5.40. The molecule has 0 aliphatic heterocycles. The number of aromatic nitrogens is 3. The summed E-state index contributed by atoms with van der Waals surface area (Å²) < 4.78 is 1.13. The van der Waals surface area contributed by atoms with Crippen molar-refractivity contribution in [2.45, 2.75) is 6.54 Å². The number of aromatic hydroxyl groups is 1. The number of rotatable bonds is 5. The van der Waals surface area contributed by atoms with Crippen LogP contribution in [-0.2, 0) is 11.3 Å². The molecule has 9 heteroatoms. The predicted octanol–water partition coefficient (Wildman–Crippen LogP) is 1.46. The molecule has 0 aliphatic carbocycles. The topological polar surface area (TPSA) is 135 Å². The van der Waals surface area contributed by atoms with Crippen LogP contribution < -0.4 is 16.4 Å². The Balaban J connectivity index is 1.65. The van der Waals surface area contributed by atoms with Gasteiger partial charge in [-0.3, -0.25) is 9.59 Å². The van der Waals surface area contributed by atoms with Crippen LogP contribution in [0.15, 0.2) is 54.6 Å². The van der Waals surface area contributed by atoms with Crippen LogP contribution in [-0.4, -0.2) is 31.9 Å². The third-order valence-corrected chi connectivity index (χ3v) is 3.46. The number of hydrogen-bond donors (Lipinski definition) is 4. The zero-order valence-electron chi connectivity index (χ0n) is 13.6. The van der Waals surface area contributed by atoms with E-state index < -0.39 is 11.8 Å². The van der Waals surface area contributed by atoms with Gasteiger partial charge in [0.1, 0.15) is 12.3 Å². The summed E-state index contributed by atoms with van der Waals surface area (Å²) in [5.41, 5.74) is 6.92. The molecule has 0 saturated carbocycles. The summed E-state index contributed by atoms with van der Waals surface area (Å²) in [4.78, 5) is 24.3. The maximum atomic E-state index is 12.2. The highest BCUT2D eigenvalue weighted by Gasteiger charge is 2.19. The number of carbonyl (C=O) groups excluding carboxylic acids is 2. The largest absolute Gasteiger partial charge is 0.508 e. The zero-order valence-corrected chi connectivity index (χ0v) is 13.6. The maximum absolute atomic E-state index is 12.2. The number of para-hydroxylation sites is 1. The molecule has 2 aromatic carbocycles. The lowest BCUT2D eigenvalue weighted by molar-refractivity contribution is -0.116. The summed E-state index contributed by atoms with van der Waals surface area (Å²) in [6.07, 6.45) is 0. The molecule has 0 unspecified atom stereocenters. The lowest BCUT2D eigenvalue weighted by atomic mass is 10.3. The Labute approximate surface area is 148 Å². The molecular formula is C17H16N6O3. The Morgan fingerprint density at radius 1 is 1.00 bits per heavy atom. The zero-order chi connectivity index (χ0) is 18.5. The van der Waals surface area contributed by atoms with E-state index in [2.05, 4.69) is 20.9 Å². The van der Waals surface area contributed by atoms with Crippen LogP contribution >= 0.6 is 0 Å². The first kappa shape index (κ1) is 17.0. The van der Waals surface area contributed by atoms with Crippen molar-refractivity contribution in [3.8, 4) is 5.75 Å². The number of phenols is 1. The highest BCUT2D eigenvalue weighted by Crippen LogP contribution is 2.15. The van der Waals surface area contributed by atoms with E-state index in [0.717, 1.165) is 4.68 Å². The first-order chi connectivity index (χ1) is 12.5. The summed E-state index contributed by atoms with van der Waals surface area (Å²) in [5, 5.41) is 22.0. The molecule has 3 rings (SSSR count). The number of carbonyl (C=O) groups is 2. The number of nitrogens with two attached hydrogens (primary N) is 1. The maximum Gasteiger partial charge on any atom is 0.280 e. The van der Waals surface area contributed by atoms with Crippen molar-refractivity contribution in [2.24, 2.45) is 0 Å². The summed E-state index contributed by atoms with van der Waals surface area (Å²) in [7, 11) is 0. The molecule has 1 heterocycles. The van der Waals surface area contributed by atoms with Crippen LogP contribution in [0.4, 0.5) is 17.2 Å². The smallest absolute Gasteiger partial charge is 0.280 e. The van der Waals surface area contributed by atoms with Crippen molar-refractivity contribution in [3.63, 3.8) is 0 Å². The van der Waals surface area contributed by atoms with Gasteiger partial charge in [-0.15, -0.1) is 5.10 Å². The van der Waals surface area contributed by atoms with E-state index in [1.165, 1.54) is 12.1 Å². The molecule has 0 fully saturated rings. The lowest BCUT2D eigenvalue weighted by Crippen LogP contribution is -2.21. The van der Waals surface area contributed by atoms with E-state index >= 15 is 0 Å². The summed E-state index contributed by atoms with van der Waals surface area (Å²) in [6.45, 7) is -0.210. The molecule has 26 heavy (non-hydrogen) atoms. The second-order valence-electron chi connectivity index (χ2n) is 5.40. The van der Waals surface area contributed by atoms with Gasteiger partial charge >= 0.3 is 0 Å². The number of benzene rings is 2. The van der Waals surface area contributed by atoms with Crippen molar-refractivity contribution < 1.29 is 14.7 Å². The van der Waals surface area contributed by atoms with Crippen molar-refractivity contribution >= 4 is 29.0 Å². The van der Waals surface area contributed by atoms with Crippen LogP contribution in [0.5, 0.6) is 5.75 Å². The molecule has 1 aromatic heterocycles. The van der Waals surface area contributed by atoms with E-state index in [0.29, 0.717) is 11.4 Å². The van der Waals surface area contributed by atoms with Gasteiger partial charge in [0.05, 0.1) is 0 Å². The lowest BCUT2D eigenvalue weighted by Gasteiger charge is -2.06. The fourth-order valence-electron chi connectivity index (χ4n) is 2.19. The number of nitrogen functional groups attached to an aromatic ring is 1. The normalized spacial score (nSPS) is 10.3. The first-order valence-corrected chi connectivity index (χ1v) is 7.67. The van der Waals surface area contributed by atoms with Gasteiger partial charge < -0.3 is 21.5 Å². The molecule has 0 atom stereocenters. The van der Waals surface area contributed by atoms with Crippen molar-refractivity contribution in [3.05, 3.63) is 60.3 Å². The molecular weight excluding hydrogens is 336 g/mol. The Bertz CT molecular complexity index is 921. The monoisotopic (exact) mass is 352 g/mol. The third kappa shape index (κ3) is 3.96. The highest BCUT2D eigenvalue weighted by molar-refractivity contribution is 6.05. The number of anilines is 3. The van der Waals surface area contributed by atoms with Crippen LogP contribution in [0.2, 0.25) is 0 Å². The van der Waals surface area contributed by atoms with Gasteiger partial charge in [-0.25, -0.2) is 4.68 Å². The van der Waals surface area contributed by atoms with E-state index in [1.807, 2.05) is 6.07 Å². The van der Waals surface area contributed by atoms with Crippen molar-refractivity contribution in [2.75, 3.05) is 16.4 Å². The standard InChI is InChI=1S/C17H16N6O3/c18-16-15(17(26)20-11-4-2-1-3-5-11)21-22-23(16)10-14(25)19-12-6-8-13(24)9-7-12/h1-9,24H,10,18H2,(H,19,25)(H,20,26). The SMILES string of the molecule is Nc1c(C(=O)Nc2ccccc2)nnn1CC(=O)Nc1ccc(O)cc1. The highest BCUT2D eigenvalue weighted by atomic mass is 16.3. The fraction of sp³-hybridized carbons (Fsp3) is 0.0588. The average molecular weight is 352 g/mol. The van der Waals surface area contributed by atoms with Gasteiger partial charge in [-0.05, 0) is 36.4 Å². The Morgan fingerprint density at radius 3 is 2.35 bits per heavy atom. The average Bonchev–Trinajstić information content (AvgIpc) is 2.98. The van der Waals surface area contributed by atoms with Crippen LogP contribution in [0, 0.1) is 0 Å². The van der Waals surface area contributed by atoms with Crippen molar-refractivity contribution in [1.82, 2.24) is 15.0 Å². The molecule has 0 spiro atoms. The minimum Gasteiger partial charge on any atom is -0.508 e. The van der Waals surface area contributed by atoms with Gasteiger partial charge in [0.15, 0.2) is 11.5 Å². The molecule has 0 radical (unpaired) electrons. The van der Waals surface area contributed by atoms with Crippen LogP contribution in [0.3, 0.4) is 0 Å². The Kier molecular flexibility index (Phi) is 4.79. The van der Waals surface area contributed by atoms with E-state index in [9.17, 15) is 14.7 Å². The molecule has 5 N–H and O–H groups in total. The molecule has 3 aromatic rings. The third-order valence-electron chi connectivity index (χ3n) is 3.46. The molecule has 0 aliphatic rings. The van der Waals surface area contributed by atoms with Gasteiger partial charge in [0.2, 0.25) is 5.91 Å². The van der Waals surface area contributed by atoms with Gasteiger partial charge in [0.25, 0.3) is 5.91 Å². The number of hydrogen-bond acceptors (Lipinski definition) is 6. The summed E-state index contributed by atoms with van der Waals surface area (Å²) >= 11 is 0. The molecule has 9 nitrogen and oxygen atoms in total. The summed E-state index contributed by atoms with van der Waals surface area (Å²) in [5.74, 6) is -0.835. The van der Waals surface area contributed by atoms with Gasteiger partial charge in [-0.1, -0.05) is 23.4 Å². The van der Waals surface area contributed by atoms with Gasteiger partial charge in [-0.2, -0.15) is 0 Å². The minimum atomic E-state index is -0.515. The van der Waals surface area contributed by atoms with Gasteiger partial charge in [0, 0.05) is 11.4 Å². The minimum absolute atomic E-state index is 0.0145. The van der Waals surface area contributed by atoms with Crippen LogP contribution in [0.1, 0.15) is 10.5 Å². The van der Waals surface area contributed by atoms with Crippen LogP contribution in [0.25, 0.3) is 0 Å². The fourth-order valence-corrected chi connectivity index (χ4v) is 2.19. The number of nitrogens with one attached hydrogen (secondary N) is 2. The number of phenolic OH excluding ortho intramolecular Hbond substituents is 1.